The number of hydrogen-bond donors (Lipinski definition) is 1. The highest BCUT2D eigenvalue weighted by molar-refractivity contribution is 9.11. The van der Waals surface area contributed by atoms with Crippen LogP contribution in [0.25, 0.3) is 0 Å². The molecule has 1 heterocycles. The molecule has 1 N–H and O–H groups in total. The molecule has 1 aromatic rings. The fraction of sp³-hybridized carbons (Fsp3) is 0.667. The standard InChI is InChI=1S/C15H24BrNOS/c1-2-3-4-5-6-7-8-9-12-17-15(18)13-10-11-14(16)19-13/h10-11H,2-9,12H2,1H3,(H,17,18). The highest BCUT2D eigenvalue weighted by Gasteiger charge is 2.06. The first-order valence-corrected chi connectivity index (χ1v) is 8.88. The van der Waals surface area contributed by atoms with E-state index in [-0.39, 0.29) is 5.91 Å². The molecule has 1 amide bonds. The largest absolute Gasteiger partial charge is 0.351 e. The first-order chi connectivity index (χ1) is 9.24. The Morgan fingerprint density at radius 1 is 1.11 bits per heavy atom. The summed E-state index contributed by atoms with van der Waals surface area (Å²) < 4.78 is 1.00. The predicted octanol–water partition coefficient (Wildman–Crippen LogP) is 5.38. The van der Waals surface area contributed by atoms with Crippen LogP contribution in [0.15, 0.2) is 15.9 Å². The van der Waals surface area contributed by atoms with Crippen molar-refractivity contribution < 1.29 is 4.79 Å². The maximum Gasteiger partial charge on any atom is 0.261 e. The quantitative estimate of drug-likeness (QED) is 0.566. The molecule has 0 aliphatic heterocycles. The minimum absolute atomic E-state index is 0.0543. The van der Waals surface area contributed by atoms with Gasteiger partial charge in [0, 0.05) is 6.54 Å². The average Bonchev–Trinajstić information content (AvgIpc) is 2.83. The maximum absolute atomic E-state index is 11.7. The van der Waals surface area contributed by atoms with Gasteiger partial charge < -0.3 is 5.32 Å². The van der Waals surface area contributed by atoms with Gasteiger partial charge in [-0.2, -0.15) is 0 Å². The summed E-state index contributed by atoms with van der Waals surface area (Å²) >= 11 is 4.85. The van der Waals surface area contributed by atoms with E-state index in [2.05, 4.69) is 28.2 Å². The van der Waals surface area contributed by atoms with Gasteiger partial charge in [0.2, 0.25) is 0 Å². The van der Waals surface area contributed by atoms with Crippen molar-refractivity contribution in [3.05, 3.63) is 20.8 Å². The predicted molar refractivity (Wildman–Crippen MR) is 87.0 cm³/mol. The van der Waals surface area contributed by atoms with Gasteiger partial charge in [0.25, 0.3) is 5.91 Å². The fourth-order valence-corrected chi connectivity index (χ4v) is 3.29. The molecule has 2 nitrogen and oxygen atoms in total. The van der Waals surface area contributed by atoms with Gasteiger partial charge in [-0.05, 0) is 34.5 Å². The van der Waals surface area contributed by atoms with E-state index < -0.39 is 0 Å². The number of carbonyl (C=O) groups is 1. The lowest BCUT2D eigenvalue weighted by Gasteiger charge is -2.04. The minimum atomic E-state index is 0.0543. The number of nitrogens with one attached hydrogen (secondary N) is 1. The zero-order valence-electron chi connectivity index (χ0n) is 11.7. The van der Waals surface area contributed by atoms with Crippen LogP contribution in [0.1, 0.15) is 68.0 Å². The van der Waals surface area contributed by atoms with Gasteiger partial charge in [0.05, 0.1) is 8.66 Å². The number of rotatable bonds is 10. The van der Waals surface area contributed by atoms with Crippen molar-refractivity contribution in [1.82, 2.24) is 5.32 Å². The van der Waals surface area contributed by atoms with Gasteiger partial charge in [-0.3, -0.25) is 4.79 Å². The molecule has 4 heteroatoms. The van der Waals surface area contributed by atoms with Crippen LogP contribution in [0.2, 0.25) is 0 Å². The Morgan fingerprint density at radius 3 is 2.32 bits per heavy atom. The Balaban J connectivity index is 1.95. The van der Waals surface area contributed by atoms with E-state index in [4.69, 9.17) is 0 Å². The van der Waals surface area contributed by atoms with Crippen LogP contribution in [0.3, 0.4) is 0 Å². The van der Waals surface area contributed by atoms with Gasteiger partial charge in [0.1, 0.15) is 0 Å². The third-order valence-corrected chi connectivity index (χ3v) is 4.74. The molecular formula is C15H24BrNOS. The Labute approximate surface area is 129 Å². The summed E-state index contributed by atoms with van der Waals surface area (Å²) in [4.78, 5) is 12.5. The zero-order valence-corrected chi connectivity index (χ0v) is 14.1. The van der Waals surface area contributed by atoms with E-state index in [1.54, 1.807) is 0 Å². The summed E-state index contributed by atoms with van der Waals surface area (Å²) in [6.07, 6.45) is 10.4. The minimum Gasteiger partial charge on any atom is -0.351 e. The highest BCUT2D eigenvalue weighted by Crippen LogP contribution is 2.21. The van der Waals surface area contributed by atoms with Gasteiger partial charge in [-0.15, -0.1) is 11.3 Å². The second-order valence-corrected chi connectivity index (χ2v) is 7.30. The normalized spacial score (nSPS) is 10.6. The van der Waals surface area contributed by atoms with E-state index in [9.17, 15) is 4.79 Å². The van der Waals surface area contributed by atoms with Crippen molar-refractivity contribution in [2.24, 2.45) is 0 Å². The third-order valence-electron chi connectivity index (χ3n) is 3.11. The van der Waals surface area contributed by atoms with Crippen molar-refractivity contribution in [3.8, 4) is 0 Å². The van der Waals surface area contributed by atoms with E-state index in [1.807, 2.05) is 12.1 Å². The van der Waals surface area contributed by atoms with E-state index in [0.717, 1.165) is 21.6 Å². The van der Waals surface area contributed by atoms with Gasteiger partial charge in [-0.1, -0.05) is 51.9 Å². The van der Waals surface area contributed by atoms with Crippen molar-refractivity contribution in [3.63, 3.8) is 0 Å². The van der Waals surface area contributed by atoms with Gasteiger partial charge >= 0.3 is 0 Å². The van der Waals surface area contributed by atoms with Crippen LogP contribution in [0, 0.1) is 0 Å². The number of thiophene rings is 1. The summed E-state index contributed by atoms with van der Waals surface area (Å²) in [7, 11) is 0. The number of halogens is 1. The third kappa shape index (κ3) is 7.73. The molecule has 0 saturated carbocycles. The van der Waals surface area contributed by atoms with Crippen LogP contribution in [-0.2, 0) is 0 Å². The molecule has 0 aliphatic carbocycles. The highest BCUT2D eigenvalue weighted by atomic mass is 79.9. The topological polar surface area (TPSA) is 29.1 Å². The molecule has 0 aromatic carbocycles. The molecule has 0 atom stereocenters. The van der Waals surface area contributed by atoms with Gasteiger partial charge in [0.15, 0.2) is 0 Å². The molecule has 0 bridgehead atoms. The van der Waals surface area contributed by atoms with Crippen LogP contribution in [-0.4, -0.2) is 12.5 Å². The van der Waals surface area contributed by atoms with Gasteiger partial charge in [-0.25, -0.2) is 0 Å². The Kier molecular flexibility index (Phi) is 9.18. The summed E-state index contributed by atoms with van der Waals surface area (Å²) in [5, 5.41) is 2.97. The van der Waals surface area contributed by atoms with Crippen molar-refractivity contribution >= 4 is 33.2 Å². The van der Waals surface area contributed by atoms with E-state index in [0.29, 0.717) is 0 Å². The summed E-state index contributed by atoms with van der Waals surface area (Å²) in [5.41, 5.74) is 0. The monoisotopic (exact) mass is 345 g/mol. The number of unbranched alkanes of at least 4 members (excludes halogenated alkanes) is 7. The number of carbonyl (C=O) groups excluding carboxylic acids is 1. The molecule has 1 rings (SSSR count). The summed E-state index contributed by atoms with van der Waals surface area (Å²) in [5.74, 6) is 0.0543. The lowest BCUT2D eigenvalue weighted by molar-refractivity contribution is 0.0957. The Morgan fingerprint density at radius 2 is 1.74 bits per heavy atom. The molecular weight excluding hydrogens is 322 g/mol. The lowest BCUT2D eigenvalue weighted by atomic mass is 10.1. The molecule has 0 aliphatic rings. The smallest absolute Gasteiger partial charge is 0.261 e. The second kappa shape index (κ2) is 10.4. The zero-order chi connectivity index (χ0) is 13.9. The number of hydrogen-bond acceptors (Lipinski definition) is 2. The molecule has 0 fully saturated rings. The SMILES string of the molecule is CCCCCCCCCCNC(=O)c1ccc(Br)s1. The van der Waals surface area contributed by atoms with Crippen molar-refractivity contribution in [2.75, 3.05) is 6.54 Å². The van der Waals surface area contributed by atoms with Crippen LogP contribution >= 0.6 is 27.3 Å². The molecule has 0 radical (unpaired) electrons. The van der Waals surface area contributed by atoms with Crippen molar-refractivity contribution in [2.45, 2.75) is 58.3 Å². The lowest BCUT2D eigenvalue weighted by Crippen LogP contribution is -2.23. The Hall–Kier alpha value is -0.350. The maximum atomic E-state index is 11.7. The van der Waals surface area contributed by atoms with Crippen molar-refractivity contribution in [1.29, 1.82) is 0 Å². The first kappa shape index (κ1) is 16.7. The first-order valence-electron chi connectivity index (χ1n) is 7.27. The Bertz CT molecular complexity index is 365. The second-order valence-electron chi connectivity index (χ2n) is 4.83. The summed E-state index contributed by atoms with van der Waals surface area (Å²) in [6.45, 7) is 3.04. The molecule has 0 unspecified atom stereocenters. The van der Waals surface area contributed by atoms with Crippen LogP contribution in [0.5, 0.6) is 0 Å². The molecule has 1 aromatic heterocycles. The van der Waals surface area contributed by atoms with E-state index >= 15 is 0 Å². The molecule has 0 spiro atoms. The molecule has 0 saturated heterocycles. The van der Waals surface area contributed by atoms with Crippen LogP contribution < -0.4 is 5.32 Å². The molecule has 19 heavy (non-hydrogen) atoms. The summed E-state index contributed by atoms with van der Waals surface area (Å²) in [6, 6.07) is 3.77. The molecule has 108 valence electrons. The number of amides is 1. The van der Waals surface area contributed by atoms with Crippen LogP contribution in [0.4, 0.5) is 0 Å². The fourth-order valence-electron chi connectivity index (χ4n) is 1.98. The average molecular weight is 346 g/mol. The van der Waals surface area contributed by atoms with E-state index in [1.165, 1.54) is 56.3 Å².